The van der Waals surface area contributed by atoms with Crippen LogP contribution in [0.25, 0.3) is 0 Å². The van der Waals surface area contributed by atoms with E-state index >= 15 is 0 Å². The molecule has 0 radical (unpaired) electrons. The average molecular weight is 261 g/mol. The van der Waals surface area contributed by atoms with Crippen LogP contribution < -0.4 is 10.5 Å². The molecule has 1 aromatic rings. The fourth-order valence-corrected chi connectivity index (χ4v) is 1.67. The SMILES string of the molecule is N[C@H]1COc2cc(I)ccc21. The molecular weight excluding hydrogens is 253 g/mol. The summed E-state index contributed by atoms with van der Waals surface area (Å²) in [5, 5.41) is 0. The third-order valence-corrected chi connectivity index (χ3v) is 2.46. The van der Waals surface area contributed by atoms with Crippen molar-refractivity contribution in [3.8, 4) is 5.75 Å². The van der Waals surface area contributed by atoms with Gasteiger partial charge in [0.25, 0.3) is 0 Å². The number of hydrogen-bond donors (Lipinski definition) is 1. The van der Waals surface area contributed by atoms with Gasteiger partial charge in [-0.15, -0.1) is 0 Å². The Bertz CT molecular complexity index is 287. The predicted octanol–water partition coefficient (Wildman–Crippen LogP) is 1.68. The third kappa shape index (κ3) is 1.22. The third-order valence-electron chi connectivity index (χ3n) is 1.79. The van der Waals surface area contributed by atoms with Crippen molar-refractivity contribution < 1.29 is 4.74 Å². The maximum atomic E-state index is 5.77. The molecule has 2 N–H and O–H groups in total. The van der Waals surface area contributed by atoms with E-state index in [1.807, 2.05) is 18.2 Å². The highest BCUT2D eigenvalue weighted by atomic mass is 127. The van der Waals surface area contributed by atoms with Crippen molar-refractivity contribution in [3.63, 3.8) is 0 Å². The molecule has 0 saturated carbocycles. The molecule has 0 amide bonds. The monoisotopic (exact) mass is 261 g/mol. The largest absolute Gasteiger partial charge is 0.491 e. The minimum Gasteiger partial charge on any atom is -0.491 e. The Balaban J connectivity index is 2.50. The van der Waals surface area contributed by atoms with Gasteiger partial charge in [0.1, 0.15) is 12.4 Å². The van der Waals surface area contributed by atoms with Gasteiger partial charge in [0.15, 0.2) is 0 Å². The first-order valence-electron chi connectivity index (χ1n) is 3.45. The second-order valence-corrected chi connectivity index (χ2v) is 3.85. The smallest absolute Gasteiger partial charge is 0.125 e. The number of fused-ring (bicyclic) bond motifs is 1. The first-order chi connectivity index (χ1) is 5.27. The first-order valence-corrected chi connectivity index (χ1v) is 4.53. The number of ether oxygens (including phenoxy) is 1. The maximum absolute atomic E-state index is 5.77. The molecule has 0 unspecified atom stereocenters. The summed E-state index contributed by atoms with van der Waals surface area (Å²) in [6.07, 6.45) is 0. The Morgan fingerprint density at radius 2 is 2.36 bits per heavy atom. The molecule has 0 saturated heterocycles. The molecule has 2 nitrogen and oxygen atoms in total. The summed E-state index contributed by atoms with van der Waals surface area (Å²) in [5.74, 6) is 0.949. The summed E-state index contributed by atoms with van der Waals surface area (Å²) in [6.45, 7) is 0.620. The molecule has 58 valence electrons. The van der Waals surface area contributed by atoms with Gasteiger partial charge < -0.3 is 10.5 Å². The van der Waals surface area contributed by atoms with E-state index in [0.717, 1.165) is 11.3 Å². The molecule has 0 aliphatic carbocycles. The summed E-state index contributed by atoms with van der Waals surface area (Å²) in [6, 6.07) is 6.17. The molecule has 0 aromatic heterocycles. The molecule has 0 spiro atoms. The van der Waals surface area contributed by atoms with Crippen LogP contribution in [0.3, 0.4) is 0 Å². The summed E-state index contributed by atoms with van der Waals surface area (Å²) in [7, 11) is 0. The minimum atomic E-state index is 0.0713. The first kappa shape index (κ1) is 7.36. The lowest BCUT2D eigenvalue weighted by molar-refractivity contribution is 0.333. The van der Waals surface area contributed by atoms with Gasteiger partial charge in [-0.3, -0.25) is 0 Å². The second kappa shape index (κ2) is 2.64. The summed E-state index contributed by atoms with van der Waals surface area (Å²) in [4.78, 5) is 0. The van der Waals surface area contributed by atoms with Gasteiger partial charge in [-0.2, -0.15) is 0 Å². The Morgan fingerprint density at radius 1 is 1.55 bits per heavy atom. The number of benzene rings is 1. The van der Waals surface area contributed by atoms with E-state index in [1.165, 1.54) is 3.57 Å². The van der Waals surface area contributed by atoms with Crippen LogP contribution in [0.2, 0.25) is 0 Å². The molecule has 1 aliphatic heterocycles. The highest BCUT2D eigenvalue weighted by Gasteiger charge is 2.19. The Kier molecular flexibility index (Phi) is 1.77. The second-order valence-electron chi connectivity index (χ2n) is 2.60. The Hall–Kier alpha value is -0.290. The van der Waals surface area contributed by atoms with E-state index in [9.17, 15) is 0 Å². The van der Waals surface area contributed by atoms with Crippen molar-refractivity contribution in [2.24, 2.45) is 5.73 Å². The summed E-state index contributed by atoms with van der Waals surface area (Å²) < 4.78 is 6.55. The zero-order valence-electron chi connectivity index (χ0n) is 5.88. The average Bonchev–Trinajstić information content (AvgIpc) is 2.32. The van der Waals surface area contributed by atoms with Gasteiger partial charge in [0.2, 0.25) is 0 Å². The molecule has 2 rings (SSSR count). The molecule has 1 aliphatic rings. The number of nitrogens with two attached hydrogens (primary N) is 1. The van der Waals surface area contributed by atoms with Crippen LogP contribution in [-0.4, -0.2) is 6.61 Å². The van der Waals surface area contributed by atoms with E-state index in [4.69, 9.17) is 10.5 Å². The molecule has 11 heavy (non-hydrogen) atoms. The van der Waals surface area contributed by atoms with E-state index < -0.39 is 0 Å². The molecule has 1 aromatic carbocycles. The topological polar surface area (TPSA) is 35.2 Å². The van der Waals surface area contributed by atoms with Crippen LogP contribution in [0.4, 0.5) is 0 Å². The van der Waals surface area contributed by atoms with Crippen LogP contribution in [0.5, 0.6) is 5.75 Å². The molecule has 3 heteroatoms. The minimum absolute atomic E-state index is 0.0713. The maximum Gasteiger partial charge on any atom is 0.125 e. The highest BCUT2D eigenvalue weighted by molar-refractivity contribution is 14.1. The van der Waals surface area contributed by atoms with Crippen molar-refractivity contribution >= 4 is 22.6 Å². The van der Waals surface area contributed by atoms with Crippen LogP contribution in [0.15, 0.2) is 18.2 Å². The van der Waals surface area contributed by atoms with Gasteiger partial charge in [-0.1, -0.05) is 6.07 Å². The van der Waals surface area contributed by atoms with Gasteiger partial charge in [-0.25, -0.2) is 0 Å². The van der Waals surface area contributed by atoms with Crippen molar-refractivity contribution in [2.45, 2.75) is 6.04 Å². The lowest BCUT2D eigenvalue weighted by atomic mass is 10.1. The number of hydrogen-bond acceptors (Lipinski definition) is 2. The summed E-state index contributed by atoms with van der Waals surface area (Å²) >= 11 is 2.26. The van der Waals surface area contributed by atoms with Crippen LogP contribution in [0.1, 0.15) is 11.6 Å². The fraction of sp³-hybridized carbons (Fsp3) is 0.250. The van der Waals surface area contributed by atoms with Crippen LogP contribution >= 0.6 is 22.6 Å². The van der Waals surface area contributed by atoms with Crippen molar-refractivity contribution in [1.82, 2.24) is 0 Å². The number of rotatable bonds is 0. The molecular formula is C8H8INO. The molecule has 1 heterocycles. The van der Waals surface area contributed by atoms with Gasteiger partial charge in [0, 0.05) is 9.13 Å². The van der Waals surface area contributed by atoms with Crippen molar-refractivity contribution in [2.75, 3.05) is 6.61 Å². The lowest BCUT2D eigenvalue weighted by Crippen LogP contribution is -2.10. The number of halogens is 1. The van der Waals surface area contributed by atoms with E-state index in [2.05, 4.69) is 22.6 Å². The molecule has 0 fully saturated rings. The van der Waals surface area contributed by atoms with Gasteiger partial charge in [0.05, 0.1) is 6.04 Å². The lowest BCUT2D eigenvalue weighted by Gasteiger charge is -1.99. The van der Waals surface area contributed by atoms with Crippen molar-refractivity contribution in [3.05, 3.63) is 27.3 Å². The van der Waals surface area contributed by atoms with Gasteiger partial charge in [-0.05, 0) is 34.7 Å². The summed E-state index contributed by atoms with van der Waals surface area (Å²) in [5.41, 5.74) is 6.90. The Labute approximate surface area is 78.9 Å². The van der Waals surface area contributed by atoms with E-state index in [1.54, 1.807) is 0 Å². The fourth-order valence-electron chi connectivity index (χ4n) is 1.21. The van der Waals surface area contributed by atoms with E-state index in [-0.39, 0.29) is 6.04 Å². The highest BCUT2D eigenvalue weighted by Crippen LogP contribution is 2.31. The zero-order chi connectivity index (χ0) is 7.84. The Morgan fingerprint density at radius 3 is 3.18 bits per heavy atom. The zero-order valence-corrected chi connectivity index (χ0v) is 8.04. The van der Waals surface area contributed by atoms with Crippen LogP contribution in [-0.2, 0) is 0 Å². The quantitative estimate of drug-likeness (QED) is 0.721. The van der Waals surface area contributed by atoms with Crippen molar-refractivity contribution in [1.29, 1.82) is 0 Å². The standard InChI is InChI=1S/C8H8INO/c9-5-1-2-6-7(10)4-11-8(6)3-5/h1-3,7H,4,10H2/t7-/m0/s1. The molecule has 1 atom stereocenters. The van der Waals surface area contributed by atoms with E-state index in [0.29, 0.717) is 6.61 Å². The normalized spacial score (nSPS) is 21.1. The predicted molar refractivity (Wildman–Crippen MR) is 51.6 cm³/mol. The van der Waals surface area contributed by atoms with Crippen LogP contribution in [0, 0.1) is 3.57 Å². The van der Waals surface area contributed by atoms with Gasteiger partial charge >= 0.3 is 0 Å². The molecule has 0 bridgehead atoms.